The van der Waals surface area contributed by atoms with Crippen LogP contribution in [-0.4, -0.2) is 16.0 Å². The van der Waals surface area contributed by atoms with Gasteiger partial charge in [0.1, 0.15) is 11.6 Å². The van der Waals surface area contributed by atoms with Crippen LogP contribution in [0.25, 0.3) is 0 Å². The molecule has 4 nitrogen and oxygen atoms in total. The summed E-state index contributed by atoms with van der Waals surface area (Å²) >= 11 is 7.11. The minimum absolute atomic E-state index is 0.0620. The first-order chi connectivity index (χ1) is 9.56. The molecule has 0 fully saturated rings. The van der Waals surface area contributed by atoms with E-state index in [0.717, 1.165) is 3.57 Å². The Morgan fingerprint density at radius 3 is 2.65 bits per heavy atom. The van der Waals surface area contributed by atoms with E-state index < -0.39 is 11.7 Å². The van der Waals surface area contributed by atoms with Gasteiger partial charge in [-0.3, -0.25) is 10.1 Å². The van der Waals surface area contributed by atoms with E-state index in [1.54, 1.807) is 18.3 Å². The second-order valence-corrected chi connectivity index (χ2v) is 5.40. The van der Waals surface area contributed by atoms with Gasteiger partial charge in [-0.15, -0.1) is 0 Å². The molecular formula is C13H9FIN3OS. The van der Waals surface area contributed by atoms with Crippen molar-refractivity contribution in [1.82, 2.24) is 10.3 Å². The van der Waals surface area contributed by atoms with Gasteiger partial charge in [0.25, 0.3) is 5.91 Å². The molecule has 1 amide bonds. The second-order valence-electron chi connectivity index (χ2n) is 3.75. The number of thiocarbonyl (C=S) groups is 1. The van der Waals surface area contributed by atoms with Crippen molar-refractivity contribution in [2.24, 2.45) is 0 Å². The molecule has 0 bridgehead atoms. The first-order valence-electron chi connectivity index (χ1n) is 5.54. The first-order valence-corrected chi connectivity index (χ1v) is 7.03. The van der Waals surface area contributed by atoms with Crippen LogP contribution >= 0.6 is 34.8 Å². The monoisotopic (exact) mass is 401 g/mol. The van der Waals surface area contributed by atoms with Crippen LogP contribution in [0.2, 0.25) is 0 Å². The number of hydrogen-bond donors (Lipinski definition) is 2. The summed E-state index contributed by atoms with van der Waals surface area (Å²) in [4.78, 5) is 15.9. The SMILES string of the molecule is O=C(NC(=S)Nc1ccc(I)cn1)c1ccccc1F. The van der Waals surface area contributed by atoms with E-state index in [-0.39, 0.29) is 10.7 Å². The summed E-state index contributed by atoms with van der Waals surface area (Å²) in [5.74, 6) is -0.699. The van der Waals surface area contributed by atoms with Gasteiger partial charge in [0, 0.05) is 9.77 Å². The Morgan fingerprint density at radius 2 is 2.00 bits per heavy atom. The fourth-order valence-corrected chi connectivity index (χ4v) is 1.93. The van der Waals surface area contributed by atoms with Crippen molar-refractivity contribution >= 4 is 51.6 Å². The number of hydrogen-bond acceptors (Lipinski definition) is 3. The van der Waals surface area contributed by atoms with Crippen LogP contribution in [0.1, 0.15) is 10.4 Å². The van der Waals surface area contributed by atoms with Crippen LogP contribution < -0.4 is 10.6 Å². The van der Waals surface area contributed by atoms with Crippen molar-refractivity contribution in [2.45, 2.75) is 0 Å². The van der Waals surface area contributed by atoms with Gasteiger partial charge in [-0.05, 0) is 59.1 Å². The van der Waals surface area contributed by atoms with Gasteiger partial charge < -0.3 is 5.32 Å². The number of halogens is 2. The van der Waals surface area contributed by atoms with Crippen LogP contribution in [0, 0.1) is 9.39 Å². The smallest absolute Gasteiger partial charge is 0.260 e. The minimum Gasteiger partial charge on any atom is -0.317 e. The Hall–Kier alpha value is -1.61. The molecular weight excluding hydrogens is 392 g/mol. The van der Waals surface area contributed by atoms with E-state index in [0.29, 0.717) is 5.82 Å². The Balaban J connectivity index is 2.00. The third-order valence-corrected chi connectivity index (χ3v) is 3.16. The molecule has 0 unspecified atom stereocenters. The van der Waals surface area contributed by atoms with Crippen molar-refractivity contribution in [3.63, 3.8) is 0 Å². The molecule has 0 aliphatic heterocycles. The van der Waals surface area contributed by atoms with Gasteiger partial charge >= 0.3 is 0 Å². The third kappa shape index (κ3) is 3.94. The molecule has 1 heterocycles. The molecule has 1 aromatic carbocycles. The molecule has 0 radical (unpaired) electrons. The van der Waals surface area contributed by atoms with Gasteiger partial charge in [0.05, 0.1) is 5.56 Å². The van der Waals surface area contributed by atoms with Crippen LogP contribution in [-0.2, 0) is 0 Å². The molecule has 2 aromatic rings. The normalized spacial score (nSPS) is 9.90. The van der Waals surface area contributed by atoms with Crippen molar-refractivity contribution in [3.8, 4) is 0 Å². The van der Waals surface area contributed by atoms with Gasteiger partial charge in [-0.25, -0.2) is 9.37 Å². The number of amides is 1. The van der Waals surface area contributed by atoms with E-state index in [9.17, 15) is 9.18 Å². The first kappa shape index (κ1) is 14.8. The number of carbonyl (C=O) groups is 1. The number of anilines is 1. The summed E-state index contributed by atoms with van der Waals surface area (Å²) in [5, 5.41) is 5.21. The number of benzene rings is 1. The van der Waals surface area contributed by atoms with Crippen molar-refractivity contribution in [2.75, 3.05) is 5.32 Å². The highest BCUT2D eigenvalue weighted by Crippen LogP contribution is 2.08. The highest BCUT2D eigenvalue weighted by molar-refractivity contribution is 14.1. The molecule has 0 aliphatic carbocycles. The van der Waals surface area contributed by atoms with E-state index >= 15 is 0 Å². The van der Waals surface area contributed by atoms with Crippen molar-refractivity contribution in [3.05, 3.63) is 57.5 Å². The van der Waals surface area contributed by atoms with Crippen LogP contribution in [0.15, 0.2) is 42.6 Å². The predicted molar refractivity (Wildman–Crippen MR) is 87.0 cm³/mol. The average Bonchev–Trinajstić information content (AvgIpc) is 2.41. The van der Waals surface area contributed by atoms with Gasteiger partial charge in [0.15, 0.2) is 5.11 Å². The zero-order valence-electron chi connectivity index (χ0n) is 10.1. The Labute approximate surface area is 133 Å². The molecule has 2 rings (SSSR count). The highest BCUT2D eigenvalue weighted by atomic mass is 127. The molecule has 0 saturated carbocycles. The molecule has 0 spiro atoms. The van der Waals surface area contributed by atoms with Crippen molar-refractivity contribution in [1.29, 1.82) is 0 Å². The molecule has 20 heavy (non-hydrogen) atoms. The van der Waals surface area contributed by atoms with E-state index in [1.165, 1.54) is 18.2 Å². The van der Waals surface area contributed by atoms with Gasteiger partial charge in [-0.2, -0.15) is 0 Å². The molecule has 1 aromatic heterocycles. The zero-order chi connectivity index (χ0) is 14.5. The number of nitrogens with zero attached hydrogens (tertiary/aromatic N) is 1. The lowest BCUT2D eigenvalue weighted by atomic mass is 10.2. The topological polar surface area (TPSA) is 54.0 Å². The maximum absolute atomic E-state index is 13.4. The van der Waals surface area contributed by atoms with E-state index in [4.69, 9.17) is 12.2 Å². The summed E-state index contributed by atoms with van der Waals surface area (Å²) in [7, 11) is 0. The maximum atomic E-state index is 13.4. The average molecular weight is 401 g/mol. The summed E-state index contributed by atoms with van der Waals surface area (Å²) < 4.78 is 14.4. The van der Waals surface area contributed by atoms with E-state index in [1.807, 2.05) is 6.07 Å². The molecule has 7 heteroatoms. The van der Waals surface area contributed by atoms with Gasteiger partial charge in [0.2, 0.25) is 0 Å². The van der Waals surface area contributed by atoms with Crippen molar-refractivity contribution < 1.29 is 9.18 Å². The Kier molecular flexibility index (Phi) is 4.96. The third-order valence-electron chi connectivity index (χ3n) is 2.31. The number of nitrogens with one attached hydrogen (secondary N) is 2. The minimum atomic E-state index is -0.605. The van der Waals surface area contributed by atoms with Crippen LogP contribution in [0.4, 0.5) is 10.2 Å². The maximum Gasteiger partial charge on any atom is 0.260 e. The van der Waals surface area contributed by atoms with E-state index in [2.05, 4.69) is 38.2 Å². The lowest BCUT2D eigenvalue weighted by molar-refractivity contribution is 0.0974. The molecule has 102 valence electrons. The molecule has 0 saturated heterocycles. The molecule has 0 atom stereocenters. The Morgan fingerprint density at radius 1 is 1.25 bits per heavy atom. The predicted octanol–water partition coefficient (Wildman–Crippen LogP) is 2.95. The number of aromatic nitrogens is 1. The fourth-order valence-electron chi connectivity index (χ4n) is 1.41. The number of carbonyl (C=O) groups excluding carboxylic acids is 1. The largest absolute Gasteiger partial charge is 0.317 e. The standard InChI is InChI=1S/C13H9FIN3OS/c14-10-4-2-1-3-9(10)12(19)18-13(20)17-11-6-5-8(15)7-16-11/h1-7H,(H2,16,17,18,19,20). The summed E-state index contributed by atoms with van der Waals surface area (Å²) in [6.45, 7) is 0. The van der Waals surface area contributed by atoms with Crippen LogP contribution in [0.5, 0.6) is 0 Å². The highest BCUT2D eigenvalue weighted by Gasteiger charge is 2.12. The number of pyridine rings is 1. The summed E-state index contributed by atoms with van der Waals surface area (Å²) in [5.41, 5.74) is -0.0628. The van der Waals surface area contributed by atoms with Gasteiger partial charge in [-0.1, -0.05) is 12.1 Å². The second kappa shape index (κ2) is 6.71. The lowest BCUT2D eigenvalue weighted by Gasteiger charge is -2.09. The fraction of sp³-hybridized carbons (Fsp3) is 0. The summed E-state index contributed by atoms with van der Waals surface area (Å²) in [6, 6.07) is 9.26. The molecule has 0 aliphatic rings. The van der Waals surface area contributed by atoms with Crippen LogP contribution in [0.3, 0.4) is 0 Å². The lowest BCUT2D eigenvalue weighted by Crippen LogP contribution is -2.34. The summed E-state index contributed by atoms with van der Waals surface area (Å²) in [6.07, 6.45) is 1.66. The number of rotatable bonds is 2. The quantitative estimate of drug-likeness (QED) is 0.601. The Bertz CT molecular complexity index is 648. The molecule has 2 N–H and O–H groups in total. The zero-order valence-corrected chi connectivity index (χ0v) is 13.0.